The van der Waals surface area contributed by atoms with Gasteiger partial charge in [-0.15, -0.1) is 0 Å². The molecule has 0 aliphatic carbocycles. The number of nitrogens with zero attached hydrogens (tertiary/aromatic N) is 1. The zero-order valence-corrected chi connectivity index (χ0v) is 18.9. The average Bonchev–Trinajstić information content (AvgIpc) is 2.82. The van der Waals surface area contributed by atoms with Gasteiger partial charge in [-0.05, 0) is 53.4 Å². The topological polar surface area (TPSA) is 58.6 Å². The third kappa shape index (κ3) is 6.45. The average molecular weight is 431 g/mol. The Balaban J connectivity index is 1.80. The summed E-state index contributed by atoms with van der Waals surface area (Å²) in [5, 5.41) is 2.94. The number of nitrogens with one attached hydrogen (secondary N) is 1. The highest BCUT2D eigenvalue weighted by atomic mass is 16.5. The molecule has 0 bridgehead atoms. The highest BCUT2D eigenvalue weighted by Crippen LogP contribution is 2.22. The minimum absolute atomic E-state index is 0.00176. The summed E-state index contributed by atoms with van der Waals surface area (Å²) in [4.78, 5) is 27.2. The van der Waals surface area contributed by atoms with Crippen molar-refractivity contribution in [3.05, 3.63) is 95.6 Å². The van der Waals surface area contributed by atoms with Crippen molar-refractivity contribution in [3.8, 4) is 5.75 Å². The molecule has 3 rings (SSSR count). The Morgan fingerprint density at radius 2 is 1.50 bits per heavy atom. The van der Waals surface area contributed by atoms with Crippen molar-refractivity contribution >= 4 is 17.5 Å². The monoisotopic (exact) mass is 430 g/mol. The molecule has 0 saturated carbocycles. The van der Waals surface area contributed by atoms with Gasteiger partial charge in [0.05, 0.1) is 20.1 Å². The van der Waals surface area contributed by atoms with Gasteiger partial charge in [0.1, 0.15) is 5.75 Å². The Morgan fingerprint density at radius 3 is 2.09 bits per heavy atom. The van der Waals surface area contributed by atoms with Gasteiger partial charge >= 0.3 is 0 Å². The zero-order chi connectivity index (χ0) is 22.9. The van der Waals surface area contributed by atoms with Crippen LogP contribution < -0.4 is 15.0 Å². The Morgan fingerprint density at radius 1 is 0.875 bits per heavy atom. The van der Waals surface area contributed by atoms with E-state index >= 15 is 0 Å². The van der Waals surface area contributed by atoms with E-state index in [4.69, 9.17) is 4.74 Å². The highest BCUT2D eigenvalue weighted by Gasteiger charge is 2.18. The highest BCUT2D eigenvalue weighted by molar-refractivity contribution is 6.06. The molecule has 1 N–H and O–H groups in total. The molecule has 2 amide bonds. The molecule has 0 heterocycles. The van der Waals surface area contributed by atoms with Crippen molar-refractivity contribution in [2.45, 2.75) is 26.8 Å². The van der Waals surface area contributed by atoms with Crippen LogP contribution >= 0.6 is 0 Å². The number of amides is 2. The molecular formula is C27H30N2O3. The fourth-order valence-corrected chi connectivity index (χ4v) is 3.29. The first-order valence-electron chi connectivity index (χ1n) is 10.8. The van der Waals surface area contributed by atoms with Gasteiger partial charge in [-0.25, -0.2) is 0 Å². The summed E-state index contributed by atoms with van der Waals surface area (Å²) in [6, 6.07) is 24.5. The van der Waals surface area contributed by atoms with Crippen molar-refractivity contribution in [2.24, 2.45) is 5.92 Å². The van der Waals surface area contributed by atoms with Crippen LogP contribution in [-0.2, 0) is 17.8 Å². The van der Waals surface area contributed by atoms with E-state index in [9.17, 15) is 9.59 Å². The number of carbonyl (C=O) groups is 2. The van der Waals surface area contributed by atoms with Gasteiger partial charge in [0.2, 0.25) is 5.91 Å². The van der Waals surface area contributed by atoms with Crippen LogP contribution in [0.1, 0.15) is 35.3 Å². The molecule has 0 atom stereocenters. The first-order chi connectivity index (χ1) is 15.5. The largest absolute Gasteiger partial charge is 0.497 e. The smallest absolute Gasteiger partial charge is 0.258 e. The van der Waals surface area contributed by atoms with Crippen LogP contribution in [-0.4, -0.2) is 25.5 Å². The molecule has 0 spiro atoms. The molecule has 166 valence electrons. The summed E-state index contributed by atoms with van der Waals surface area (Å²) < 4.78 is 5.24. The third-order valence-electron chi connectivity index (χ3n) is 5.09. The minimum atomic E-state index is -0.0798. The van der Waals surface area contributed by atoms with E-state index in [1.165, 1.54) is 0 Å². The minimum Gasteiger partial charge on any atom is -0.497 e. The number of anilines is 1. The van der Waals surface area contributed by atoms with E-state index in [1.807, 2.05) is 78.9 Å². The Bertz CT molecular complexity index is 1010. The van der Waals surface area contributed by atoms with Gasteiger partial charge in [-0.3, -0.25) is 9.59 Å². The second-order valence-corrected chi connectivity index (χ2v) is 8.15. The summed E-state index contributed by atoms with van der Waals surface area (Å²) in [5.41, 5.74) is 3.30. The van der Waals surface area contributed by atoms with E-state index in [2.05, 4.69) is 19.2 Å². The number of hydrogen-bond donors (Lipinski definition) is 1. The summed E-state index contributed by atoms with van der Waals surface area (Å²) in [5.74, 6) is 1.11. The van der Waals surface area contributed by atoms with E-state index in [1.54, 1.807) is 12.0 Å². The molecule has 0 aliphatic heterocycles. The van der Waals surface area contributed by atoms with Crippen LogP contribution in [0, 0.1) is 5.92 Å². The van der Waals surface area contributed by atoms with Gasteiger partial charge in [-0.1, -0.05) is 56.3 Å². The number of hydrogen-bond acceptors (Lipinski definition) is 3. The van der Waals surface area contributed by atoms with E-state index < -0.39 is 0 Å². The van der Waals surface area contributed by atoms with Crippen LogP contribution in [0.4, 0.5) is 5.69 Å². The van der Waals surface area contributed by atoms with Gasteiger partial charge < -0.3 is 15.0 Å². The maximum Gasteiger partial charge on any atom is 0.258 e. The van der Waals surface area contributed by atoms with Crippen molar-refractivity contribution in [2.75, 3.05) is 18.6 Å². The molecule has 0 aliphatic rings. The molecule has 5 nitrogen and oxygen atoms in total. The van der Waals surface area contributed by atoms with Gasteiger partial charge in [0.15, 0.2) is 0 Å². The molecule has 0 fully saturated rings. The van der Waals surface area contributed by atoms with Crippen LogP contribution in [0.2, 0.25) is 0 Å². The molecule has 0 saturated heterocycles. The summed E-state index contributed by atoms with van der Waals surface area (Å²) in [7, 11) is 1.63. The summed E-state index contributed by atoms with van der Waals surface area (Å²) >= 11 is 0. The van der Waals surface area contributed by atoms with Gasteiger partial charge in [0.25, 0.3) is 5.91 Å². The number of rotatable bonds is 9. The van der Waals surface area contributed by atoms with Crippen molar-refractivity contribution in [1.29, 1.82) is 0 Å². The SMILES string of the molecule is COc1ccc(CN(C(=O)c2ccccc2)c2ccc(CC(=O)NCC(C)C)cc2)cc1. The third-order valence-corrected chi connectivity index (χ3v) is 5.09. The van der Waals surface area contributed by atoms with E-state index in [-0.39, 0.29) is 11.8 Å². The fraction of sp³-hybridized carbons (Fsp3) is 0.259. The Hall–Kier alpha value is -3.60. The summed E-state index contributed by atoms with van der Waals surface area (Å²) in [6.45, 7) is 5.22. The second kappa shape index (κ2) is 11.1. The Kier molecular flexibility index (Phi) is 8.03. The Labute approximate surface area is 190 Å². The number of methoxy groups -OCH3 is 1. The quantitative estimate of drug-likeness (QED) is 0.528. The predicted molar refractivity (Wildman–Crippen MR) is 128 cm³/mol. The fourth-order valence-electron chi connectivity index (χ4n) is 3.29. The molecular weight excluding hydrogens is 400 g/mol. The van der Waals surface area contributed by atoms with Gasteiger partial charge in [-0.2, -0.15) is 0 Å². The van der Waals surface area contributed by atoms with Crippen LogP contribution in [0.15, 0.2) is 78.9 Å². The lowest BCUT2D eigenvalue weighted by Crippen LogP contribution is -2.30. The van der Waals surface area contributed by atoms with Crippen molar-refractivity contribution in [3.63, 3.8) is 0 Å². The molecule has 5 heteroatoms. The summed E-state index contributed by atoms with van der Waals surface area (Å²) in [6.07, 6.45) is 0.318. The van der Waals surface area contributed by atoms with E-state index in [0.717, 1.165) is 22.6 Å². The number of carbonyl (C=O) groups excluding carboxylic acids is 2. The first kappa shape index (κ1) is 23.1. The van der Waals surface area contributed by atoms with Crippen LogP contribution in [0.25, 0.3) is 0 Å². The van der Waals surface area contributed by atoms with Crippen LogP contribution in [0.5, 0.6) is 5.75 Å². The number of benzene rings is 3. The lowest BCUT2D eigenvalue weighted by Gasteiger charge is -2.24. The molecule has 0 radical (unpaired) electrons. The molecule has 0 aromatic heterocycles. The van der Waals surface area contributed by atoms with E-state index in [0.29, 0.717) is 31.0 Å². The molecule has 0 unspecified atom stereocenters. The lowest BCUT2D eigenvalue weighted by molar-refractivity contribution is -0.120. The number of ether oxygens (including phenoxy) is 1. The molecule has 3 aromatic carbocycles. The molecule has 32 heavy (non-hydrogen) atoms. The lowest BCUT2D eigenvalue weighted by atomic mass is 10.1. The first-order valence-corrected chi connectivity index (χ1v) is 10.8. The zero-order valence-electron chi connectivity index (χ0n) is 18.9. The van der Waals surface area contributed by atoms with Crippen LogP contribution in [0.3, 0.4) is 0 Å². The normalized spacial score (nSPS) is 10.6. The predicted octanol–water partition coefficient (Wildman–Crippen LogP) is 4.86. The maximum atomic E-state index is 13.3. The maximum absolute atomic E-state index is 13.3. The van der Waals surface area contributed by atoms with Crippen molar-refractivity contribution < 1.29 is 14.3 Å². The van der Waals surface area contributed by atoms with Crippen molar-refractivity contribution in [1.82, 2.24) is 5.32 Å². The standard InChI is InChI=1S/C27H30N2O3/c1-20(2)18-28-26(30)17-21-9-13-24(14-10-21)29(27(31)23-7-5-4-6-8-23)19-22-11-15-25(32-3)16-12-22/h4-16,20H,17-19H2,1-3H3,(H,28,30). The van der Waals surface area contributed by atoms with Gasteiger partial charge in [0, 0.05) is 17.8 Å². The second-order valence-electron chi connectivity index (χ2n) is 8.15. The molecule has 3 aromatic rings.